The third-order valence-electron chi connectivity index (χ3n) is 3.75. The van der Waals surface area contributed by atoms with E-state index in [0.717, 1.165) is 17.5 Å². The first-order valence-electron chi connectivity index (χ1n) is 7.76. The topological polar surface area (TPSA) is 49.3 Å². The fraction of sp³-hybridized carbons (Fsp3) is 0.316. The molecule has 0 aliphatic rings. The summed E-state index contributed by atoms with van der Waals surface area (Å²) in [4.78, 5) is 12.0. The number of amides is 1. The van der Waals surface area contributed by atoms with E-state index in [1.807, 2.05) is 24.3 Å². The molecular weight excluding hydrogens is 293 g/mol. The quantitative estimate of drug-likeness (QED) is 0.771. The van der Waals surface area contributed by atoms with Gasteiger partial charge in [-0.05, 0) is 43.0 Å². The second-order valence-electron chi connectivity index (χ2n) is 5.90. The zero-order valence-corrected chi connectivity index (χ0v) is 13.3. The van der Waals surface area contributed by atoms with E-state index in [1.165, 1.54) is 12.1 Å². The Balaban J connectivity index is 1.75. The van der Waals surface area contributed by atoms with Crippen LogP contribution in [0.5, 0.6) is 0 Å². The van der Waals surface area contributed by atoms with Crippen molar-refractivity contribution in [3.8, 4) is 0 Å². The van der Waals surface area contributed by atoms with Crippen LogP contribution < -0.4 is 5.32 Å². The minimum atomic E-state index is -1.19. The summed E-state index contributed by atoms with van der Waals surface area (Å²) in [5, 5.41) is 13.2. The summed E-state index contributed by atoms with van der Waals surface area (Å²) >= 11 is 0. The normalized spacial score (nSPS) is 13.3. The molecule has 3 nitrogen and oxygen atoms in total. The Kier molecular flexibility index (Phi) is 5.88. The number of carbonyl (C=O) groups excluding carboxylic acids is 1. The predicted octanol–water partition coefficient (Wildman–Crippen LogP) is 3.17. The molecule has 1 amide bonds. The molecule has 0 heterocycles. The van der Waals surface area contributed by atoms with Crippen molar-refractivity contribution in [1.82, 2.24) is 5.32 Å². The maximum Gasteiger partial charge on any atom is 0.223 e. The molecule has 2 N–H and O–H groups in total. The number of halogens is 1. The monoisotopic (exact) mass is 315 g/mol. The molecule has 1 unspecified atom stereocenters. The van der Waals surface area contributed by atoms with Gasteiger partial charge in [-0.15, -0.1) is 0 Å². The molecule has 0 aliphatic carbocycles. The first kappa shape index (κ1) is 17.2. The van der Waals surface area contributed by atoms with Gasteiger partial charge in [-0.2, -0.15) is 0 Å². The van der Waals surface area contributed by atoms with Gasteiger partial charge in [0.15, 0.2) is 0 Å². The molecule has 122 valence electrons. The second kappa shape index (κ2) is 7.88. The molecule has 0 bridgehead atoms. The SMILES string of the molecule is CC(O)(CC(=O)NCCCc1cccc(F)c1)c1ccccc1. The van der Waals surface area contributed by atoms with Crippen LogP contribution in [0.4, 0.5) is 4.39 Å². The average molecular weight is 315 g/mol. The molecule has 0 saturated carbocycles. The van der Waals surface area contributed by atoms with Crippen molar-refractivity contribution in [3.63, 3.8) is 0 Å². The number of aliphatic hydroxyl groups is 1. The summed E-state index contributed by atoms with van der Waals surface area (Å²) < 4.78 is 13.1. The van der Waals surface area contributed by atoms with Crippen molar-refractivity contribution >= 4 is 5.91 Å². The van der Waals surface area contributed by atoms with Crippen LogP contribution in [-0.4, -0.2) is 17.6 Å². The lowest BCUT2D eigenvalue weighted by Crippen LogP contribution is -2.33. The van der Waals surface area contributed by atoms with Gasteiger partial charge in [0.05, 0.1) is 12.0 Å². The van der Waals surface area contributed by atoms with Gasteiger partial charge in [-0.1, -0.05) is 42.5 Å². The summed E-state index contributed by atoms with van der Waals surface area (Å²) in [5.41, 5.74) is 0.443. The lowest BCUT2D eigenvalue weighted by atomic mass is 9.92. The van der Waals surface area contributed by atoms with Gasteiger partial charge in [-0.3, -0.25) is 4.79 Å². The number of hydrogen-bond acceptors (Lipinski definition) is 2. The lowest BCUT2D eigenvalue weighted by molar-refractivity contribution is -0.125. The molecular formula is C19H22FNO2. The van der Waals surface area contributed by atoms with Crippen LogP contribution in [-0.2, 0) is 16.8 Å². The molecule has 0 aromatic heterocycles. The van der Waals surface area contributed by atoms with Gasteiger partial charge >= 0.3 is 0 Å². The Morgan fingerprint density at radius 1 is 1.17 bits per heavy atom. The van der Waals surface area contributed by atoms with Gasteiger partial charge in [0.1, 0.15) is 5.82 Å². The number of nitrogens with one attached hydrogen (secondary N) is 1. The van der Waals surface area contributed by atoms with Crippen LogP contribution in [0, 0.1) is 5.82 Å². The molecule has 2 rings (SSSR count). The summed E-state index contributed by atoms with van der Waals surface area (Å²) in [5.74, 6) is -0.441. The molecule has 2 aromatic carbocycles. The highest BCUT2D eigenvalue weighted by Crippen LogP contribution is 2.23. The van der Waals surface area contributed by atoms with E-state index >= 15 is 0 Å². The summed E-state index contributed by atoms with van der Waals surface area (Å²) in [6.45, 7) is 2.13. The van der Waals surface area contributed by atoms with Crippen molar-refractivity contribution in [1.29, 1.82) is 0 Å². The fourth-order valence-electron chi connectivity index (χ4n) is 2.49. The van der Waals surface area contributed by atoms with E-state index in [1.54, 1.807) is 25.1 Å². The van der Waals surface area contributed by atoms with E-state index in [0.29, 0.717) is 13.0 Å². The summed E-state index contributed by atoms with van der Waals surface area (Å²) in [7, 11) is 0. The van der Waals surface area contributed by atoms with Crippen molar-refractivity contribution in [2.45, 2.75) is 31.8 Å². The van der Waals surface area contributed by atoms with Crippen molar-refractivity contribution in [2.75, 3.05) is 6.54 Å². The van der Waals surface area contributed by atoms with E-state index in [-0.39, 0.29) is 18.1 Å². The number of benzene rings is 2. The van der Waals surface area contributed by atoms with Crippen LogP contribution in [0.25, 0.3) is 0 Å². The van der Waals surface area contributed by atoms with E-state index < -0.39 is 5.60 Å². The smallest absolute Gasteiger partial charge is 0.223 e. The molecule has 1 atom stereocenters. The summed E-state index contributed by atoms with van der Waals surface area (Å²) in [6.07, 6.45) is 1.44. The van der Waals surface area contributed by atoms with Gasteiger partial charge in [-0.25, -0.2) is 4.39 Å². The summed E-state index contributed by atoms with van der Waals surface area (Å²) in [6, 6.07) is 15.6. The third kappa shape index (κ3) is 5.49. The fourth-order valence-corrected chi connectivity index (χ4v) is 2.49. The number of carbonyl (C=O) groups is 1. The van der Waals surface area contributed by atoms with Gasteiger partial charge < -0.3 is 10.4 Å². The maximum absolute atomic E-state index is 13.1. The minimum Gasteiger partial charge on any atom is -0.385 e. The Labute approximate surface area is 136 Å². The van der Waals surface area contributed by atoms with Crippen molar-refractivity contribution < 1.29 is 14.3 Å². The predicted molar refractivity (Wildman–Crippen MR) is 88.4 cm³/mol. The maximum atomic E-state index is 13.1. The highest BCUT2D eigenvalue weighted by molar-refractivity contribution is 5.77. The average Bonchev–Trinajstić information content (AvgIpc) is 2.52. The van der Waals surface area contributed by atoms with Gasteiger partial charge in [0, 0.05) is 6.54 Å². The Hall–Kier alpha value is -2.20. The van der Waals surface area contributed by atoms with Crippen LogP contribution >= 0.6 is 0 Å². The molecule has 0 spiro atoms. The van der Waals surface area contributed by atoms with Crippen LogP contribution in [0.3, 0.4) is 0 Å². The van der Waals surface area contributed by atoms with Crippen LogP contribution in [0.1, 0.15) is 30.9 Å². The molecule has 2 aromatic rings. The molecule has 0 aliphatic heterocycles. The standard InChI is InChI=1S/C19H22FNO2/c1-19(23,16-9-3-2-4-10-16)14-18(22)21-12-6-8-15-7-5-11-17(20)13-15/h2-5,7,9-11,13,23H,6,8,12,14H2,1H3,(H,21,22). The molecule has 4 heteroatoms. The third-order valence-corrected chi connectivity index (χ3v) is 3.75. The van der Waals surface area contributed by atoms with Crippen molar-refractivity contribution in [2.24, 2.45) is 0 Å². The van der Waals surface area contributed by atoms with E-state index in [9.17, 15) is 14.3 Å². The molecule has 0 fully saturated rings. The zero-order valence-electron chi connectivity index (χ0n) is 13.3. The Morgan fingerprint density at radius 2 is 1.91 bits per heavy atom. The van der Waals surface area contributed by atoms with Crippen molar-refractivity contribution in [3.05, 3.63) is 71.5 Å². The minimum absolute atomic E-state index is 0.0109. The lowest BCUT2D eigenvalue weighted by Gasteiger charge is -2.23. The van der Waals surface area contributed by atoms with E-state index in [4.69, 9.17) is 0 Å². The first-order chi connectivity index (χ1) is 11.0. The van der Waals surface area contributed by atoms with Gasteiger partial charge in [0.2, 0.25) is 5.91 Å². The number of aryl methyl sites for hydroxylation is 1. The largest absolute Gasteiger partial charge is 0.385 e. The molecule has 0 radical (unpaired) electrons. The Bertz CT molecular complexity index is 641. The van der Waals surface area contributed by atoms with Gasteiger partial charge in [0.25, 0.3) is 0 Å². The molecule has 23 heavy (non-hydrogen) atoms. The van der Waals surface area contributed by atoms with E-state index in [2.05, 4.69) is 5.32 Å². The zero-order chi connectivity index (χ0) is 16.7. The van der Waals surface area contributed by atoms with Crippen LogP contribution in [0.15, 0.2) is 54.6 Å². The number of hydrogen-bond donors (Lipinski definition) is 2. The Morgan fingerprint density at radius 3 is 2.61 bits per heavy atom. The molecule has 0 saturated heterocycles. The highest BCUT2D eigenvalue weighted by atomic mass is 19.1. The second-order valence-corrected chi connectivity index (χ2v) is 5.90. The number of rotatable bonds is 7. The van der Waals surface area contributed by atoms with Crippen LogP contribution in [0.2, 0.25) is 0 Å². The first-order valence-corrected chi connectivity index (χ1v) is 7.76. The highest BCUT2D eigenvalue weighted by Gasteiger charge is 2.26.